The van der Waals surface area contributed by atoms with Crippen molar-refractivity contribution in [3.05, 3.63) is 29.3 Å². The van der Waals surface area contributed by atoms with Gasteiger partial charge in [-0.25, -0.2) is 0 Å². The van der Waals surface area contributed by atoms with Crippen LogP contribution in [-0.2, 0) is 12.8 Å². The van der Waals surface area contributed by atoms with Crippen molar-refractivity contribution in [1.29, 1.82) is 0 Å². The molecule has 0 spiro atoms. The minimum absolute atomic E-state index is 0.454. The average molecular weight is 262 g/mol. The highest BCUT2D eigenvalue weighted by Crippen LogP contribution is 2.24. The molecule has 2 rings (SSSR count). The third kappa shape index (κ3) is 2.22. The van der Waals surface area contributed by atoms with Crippen molar-refractivity contribution in [2.75, 3.05) is 12.0 Å². The quantitative estimate of drug-likeness (QED) is 0.861. The Morgan fingerprint density at radius 3 is 2.28 bits per heavy atom. The summed E-state index contributed by atoms with van der Waals surface area (Å²) in [5.74, 6) is 0.454. The first-order valence-electron chi connectivity index (χ1n) is 6.08. The second-order valence-corrected chi connectivity index (χ2v) is 4.77. The third-order valence-corrected chi connectivity index (χ3v) is 3.51. The second-order valence-electron chi connectivity index (χ2n) is 4.00. The summed E-state index contributed by atoms with van der Waals surface area (Å²) in [4.78, 5) is 4.25. The van der Waals surface area contributed by atoms with E-state index in [1.165, 1.54) is 22.9 Å². The van der Waals surface area contributed by atoms with Gasteiger partial charge >= 0.3 is 0 Å². The summed E-state index contributed by atoms with van der Waals surface area (Å²) in [6.45, 7) is 4.28. The van der Waals surface area contributed by atoms with E-state index in [1.54, 1.807) is 4.68 Å². The van der Waals surface area contributed by atoms with Gasteiger partial charge in [0.25, 0.3) is 0 Å². The van der Waals surface area contributed by atoms with Crippen LogP contribution in [0, 0.1) is 0 Å². The van der Waals surface area contributed by atoms with Crippen molar-refractivity contribution in [2.24, 2.45) is 0 Å². The molecule has 1 aromatic carbocycles. The van der Waals surface area contributed by atoms with Gasteiger partial charge in [-0.3, -0.25) is 0 Å². The second kappa shape index (κ2) is 5.44. The molecular weight excluding hydrogens is 244 g/mol. The number of benzene rings is 1. The summed E-state index contributed by atoms with van der Waals surface area (Å²) in [5, 5.41) is 5.17. The van der Waals surface area contributed by atoms with Crippen LogP contribution in [0.25, 0.3) is 5.69 Å². The van der Waals surface area contributed by atoms with Gasteiger partial charge in [-0.15, -0.1) is 5.10 Å². The molecule has 0 aliphatic heterocycles. The van der Waals surface area contributed by atoms with Gasteiger partial charge in [-0.1, -0.05) is 43.8 Å². The predicted octanol–water partition coefficient (Wildman–Crippen LogP) is 2.70. The van der Waals surface area contributed by atoms with E-state index in [2.05, 4.69) is 42.1 Å². The zero-order valence-electron chi connectivity index (χ0n) is 11.0. The Morgan fingerprint density at radius 1 is 1.22 bits per heavy atom. The van der Waals surface area contributed by atoms with Crippen molar-refractivity contribution < 1.29 is 0 Å². The number of nitrogens with two attached hydrogens (primary N) is 1. The number of aryl methyl sites for hydroxylation is 2. The SMILES string of the molecule is CCc1cccc(CC)c1-n1nc(SC)nc1N. The minimum Gasteiger partial charge on any atom is -0.368 e. The number of nitrogen functional groups attached to an aromatic ring is 1. The number of rotatable bonds is 4. The summed E-state index contributed by atoms with van der Waals surface area (Å²) in [5.41, 5.74) is 9.56. The lowest BCUT2D eigenvalue weighted by atomic mass is 10.0. The maximum absolute atomic E-state index is 5.97. The molecule has 0 amide bonds. The van der Waals surface area contributed by atoms with E-state index >= 15 is 0 Å². The Labute approximate surface area is 112 Å². The van der Waals surface area contributed by atoms with E-state index in [-0.39, 0.29) is 0 Å². The Morgan fingerprint density at radius 2 is 1.83 bits per heavy atom. The lowest BCUT2D eigenvalue weighted by Gasteiger charge is -2.13. The number of thioether (sulfide) groups is 1. The van der Waals surface area contributed by atoms with Crippen molar-refractivity contribution in [3.63, 3.8) is 0 Å². The van der Waals surface area contributed by atoms with Crippen LogP contribution in [0.4, 0.5) is 5.95 Å². The molecule has 0 saturated carbocycles. The molecule has 0 aliphatic carbocycles. The molecule has 0 radical (unpaired) electrons. The van der Waals surface area contributed by atoms with Gasteiger partial charge in [0.05, 0.1) is 5.69 Å². The van der Waals surface area contributed by atoms with Crippen LogP contribution in [0.1, 0.15) is 25.0 Å². The average Bonchev–Trinajstić information content (AvgIpc) is 2.78. The first-order valence-corrected chi connectivity index (χ1v) is 7.31. The summed E-state index contributed by atoms with van der Waals surface area (Å²) in [7, 11) is 0. The van der Waals surface area contributed by atoms with E-state index < -0.39 is 0 Å². The number of aromatic nitrogens is 3. The van der Waals surface area contributed by atoms with Gasteiger partial charge in [0.1, 0.15) is 0 Å². The first-order chi connectivity index (χ1) is 8.71. The fourth-order valence-electron chi connectivity index (χ4n) is 2.04. The lowest BCUT2D eigenvalue weighted by molar-refractivity contribution is 0.816. The van der Waals surface area contributed by atoms with Crippen LogP contribution < -0.4 is 5.73 Å². The highest BCUT2D eigenvalue weighted by molar-refractivity contribution is 7.98. The van der Waals surface area contributed by atoms with Crippen LogP contribution in [0.15, 0.2) is 23.4 Å². The van der Waals surface area contributed by atoms with Gasteiger partial charge < -0.3 is 5.73 Å². The molecule has 2 aromatic rings. The van der Waals surface area contributed by atoms with Gasteiger partial charge in [0.2, 0.25) is 11.1 Å². The summed E-state index contributed by atoms with van der Waals surface area (Å²) in [6.07, 6.45) is 3.86. The van der Waals surface area contributed by atoms with E-state index in [4.69, 9.17) is 5.73 Å². The molecule has 0 saturated heterocycles. The maximum Gasteiger partial charge on any atom is 0.224 e. The van der Waals surface area contributed by atoms with Crippen LogP contribution in [0.5, 0.6) is 0 Å². The van der Waals surface area contributed by atoms with Crippen LogP contribution >= 0.6 is 11.8 Å². The highest BCUT2D eigenvalue weighted by Gasteiger charge is 2.14. The molecule has 5 heteroatoms. The zero-order chi connectivity index (χ0) is 13.1. The molecule has 0 fully saturated rings. The monoisotopic (exact) mass is 262 g/mol. The summed E-state index contributed by atoms with van der Waals surface area (Å²) >= 11 is 1.50. The van der Waals surface area contributed by atoms with E-state index in [1.807, 2.05) is 6.26 Å². The molecule has 0 unspecified atom stereocenters. The molecule has 1 aromatic heterocycles. The van der Waals surface area contributed by atoms with Crippen molar-refractivity contribution >= 4 is 17.7 Å². The van der Waals surface area contributed by atoms with Crippen LogP contribution in [0.3, 0.4) is 0 Å². The number of hydrogen-bond donors (Lipinski definition) is 1. The zero-order valence-corrected chi connectivity index (χ0v) is 11.8. The molecule has 96 valence electrons. The van der Waals surface area contributed by atoms with Crippen molar-refractivity contribution in [1.82, 2.24) is 14.8 Å². The fourth-order valence-corrected chi connectivity index (χ4v) is 2.39. The third-order valence-electron chi connectivity index (χ3n) is 2.97. The van der Waals surface area contributed by atoms with Gasteiger partial charge in [-0.05, 0) is 30.2 Å². The lowest BCUT2D eigenvalue weighted by Crippen LogP contribution is -2.08. The van der Waals surface area contributed by atoms with Crippen LogP contribution in [-0.4, -0.2) is 21.0 Å². The Bertz CT molecular complexity index is 526. The predicted molar refractivity (Wildman–Crippen MR) is 76.3 cm³/mol. The molecule has 2 N–H and O–H groups in total. The highest BCUT2D eigenvalue weighted by atomic mass is 32.2. The van der Waals surface area contributed by atoms with E-state index in [0.717, 1.165) is 18.5 Å². The Kier molecular flexibility index (Phi) is 3.91. The number of hydrogen-bond acceptors (Lipinski definition) is 4. The molecular formula is C13H18N4S. The Hall–Kier alpha value is -1.49. The fraction of sp³-hybridized carbons (Fsp3) is 0.385. The van der Waals surface area contributed by atoms with Crippen molar-refractivity contribution in [3.8, 4) is 5.69 Å². The number of para-hydroxylation sites is 1. The molecule has 0 aliphatic rings. The topological polar surface area (TPSA) is 56.7 Å². The summed E-state index contributed by atoms with van der Waals surface area (Å²) < 4.78 is 1.77. The first kappa shape index (κ1) is 13.0. The maximum atomic E-state index is 5.97. The van der Waals surface area contributed by atoms with Crippen molar-refractivity contribution in [2.45, 2.75) is 31.8 Å². The molecule has 18 heavy (non-hydrogen) atoms. The largest absolute Gasteiger partial charge is 0.368 e. The molecule has 4 nitrogen and oxygen atoms in total. The summed E-state index contributed by atoms with van der Waals surface area (Å²) in [6, 6.07) is 6.33. The smallest absolute Gasteiger partial charge is 0.224 e. The van der Waals surface area contributed by atoms with E-state index in [9.17, 15) is 0 Å². The van der Waals surface area contributed by atoms with Gasteiger partial charge in [0, 0.05) is 0 Å². The van der Waals surface area contributed by atoms with Gasteiger partial charge in [-0.2, -0.15) is 9.67 Å². The molecule has 0 bridgehead atoms. The Balaban J connectivity index is 2.64. The number of anilines is 1. The minimum atomic E-state index is 0.454. The molecule has 1 heterocycles. The van der Waals surface area contributed by atoms with Gasteiger partial charge in [0.15, 0.2) is 0 Å². The van der Waals surface area contributed by atoms with Crippen LogP contribution in [0.2, 0.25) is 0 Å². The molecule has 0 atom stereocenters. The number of nitrogens with zero attached hydrogens (tertiary/aromatic N) is 3. The standard InChI is InChI=1S/C13H18N4S/c1-4-9-7-6-8-10(5-2)11(9)17-12(14)15-13(16-17)18-3/h6-8H,4-5H2,1-3H3,(H2,14,15,16). The van der Waals surface area contributed by atoms with E-state index in [0.29, 0.717) is 11.1 Å². The normalized spacial score (nSPS) is 10.8.